The van der Waals surface area contributed by atoms with Gasteiger partial charge >= 0.3 is 0 Å². The number of aromatic nitrogens is 2. The molecule has 1 saturated carbocycles. The molecule has 12 nitrogen and oxygen atoms in total. The molecule has 1 amide bonds. The second kappa shape index (κ2) is 14.9. The molecule has 54 heavy (non-hydrogen) atoms. The summed E-state index contributed by atoms with van der Waals surface area (Å²) in [7, 11) is -1.37. The molecule has 0 bridgehead atoms. The van der Waals surface area contributed by atoms with Crippen LogP contribution in [0.3, 0.4) is 0 Å². The Balaban J connectivity index is 0.000000153. The summed E-state index contributed by atoms with van der Waals surface area (Å²) in [6, 6.07) is 19.6. The molecule has 1 aliphatic carbocycles. The number of nitrogens with zero attached hydrogens (tertiary/aromatic N) is 7. The molecular formula is C41H45N7O5S. The summed E-state index contributed by atoms with van der Waals surface area (Å²) in [5, 5.41) is -0.203. The van der Waals surface area contributed by atoms with E-state index >= 15 is 0 Å². The first-order chi connectivity index (χ1) is 26.1. The van der Waals surface area contributed by atoms with Crippen molar-refractivity contribution < 1.29 is 22.7 Å². The zero-order valence-corrected chi connectivity index (χ0v) is 31.8. The first kappa shape index (κ1) is 35.9. The molecule has 0 spiro atoms. The lowest BCUT2D eigenvalue weighted by Gasteiger charge is -2.32. The van der Waals surface area contributed by atoms with Crippen LogP contribution >= 0.6 is 0 Å². The van der Waals surface area contributed by atoms with E-state index in [1.807, 2.05) is 68.3 Å². The van der Waals surface area contributed by atoms with Crippen molar-refractivity contribution in [3.05, 3.63) is 106 Å². The van der Waals surface area contributed by atoms with Crippen molar-refractivity contribution in [3.8, 4) is 5.75 Å². The van der Waals surface area contributed by atoms with E-state index in [1.165, 1.54) is 5.56 Å². The highest BCUT2D eigenvalue weighted by Gasteiger charge is 2.37. The number of rotatable bonds is 8. The number of carbonyl (C=O) groups is 1. The molecule has 13 heteroatoms. The van der Waals surface area contributed by atoms with Crippen LogP contribution in [0.4, 0.5) is 11.6 Å². The van der Waals surface area contributed by atoms with Crippen LogP contribution in [0, 0.1) is 0 Å². The quantitative estimate of drug-likeness (QED) is 0.252. The Kier molecular flexibility index (Phi) is 9.93. The van der Waals surface area contributed by atoms with Gasteiger partial charge in [0.1, 0.15) is 17.4 Å². The second-order valence-corrected chi connectivity index (χ2v) is 16.7. The van der Waals surface area contributed by atoms with Gasteiger partial charge in [-0.3, -0.25) is 14.8 Å². The molecule has 4 aliphatic heterocycles. The lowest BCUT2D eigenvalue weighted by Crippen LogP contribution is -2.48. The summed E-state index contributed by atoms with van der Waals surface area (Å²) in [5.74, 6) is 2.71. The summed E-state index contributed by atoms with van der Waals surface area (Å²) in [6.07, 6.45) is 5.27. The van der Waals surface area contributed by atoms with Gasteiger partial charge in [-0.05, 0) is 86.3 Å². The van der Waals surface area contributed by atoms with Crippen molar-refractivity contribution in [3.63, 3.8) is 0 Å². The number of pyridine rings is 2. The van der Waals surface area contributed by atoms with Gasteiger partial charge in [0.25, 0.3) is 0 Å². The average molecular weight is 748 g/mol. The predicted octanol–water partition coefficient (Wildman–Crippen LogP) is 4.70. The van der Waals surface area contributed by atoms with Crippen LogP contribution in [-0.2, 0) is 32.5 Å². The van der Waals surface area contributed by atoms with Crippen molar-refractivity contribution >= 4 is 38.8 Å². The fourth-order valence-corrected chi connectivity index (χ4v) is 8.82. The first-order valence-electron chi connectivity index (χ1n) is 18.6. The van der Waals surface area contributed by atoms with Crippen LogP contribution in [0.5, 0.6) is 5.75 Å². The van der Waals surface area contributed by atoms with Gasteiger partial charge in [0.2, 0.25) is 5.91 Å². The van der Waals surface area contributed by atoms with Gasteiger partial charge in [0.15, 0.2) is 9.84 Å². The Labute approximate surface area is 316 Å². The van der Waals surface area contributed by atoms with Crippen LogP contribution in [0.2, 0.25) is 0 Å². The van der Waals surface area contributed by atoms with E-state index in [-0.39, 0.29) is 17.3 Å². The van der Waals surface area contributed by atoms with Crippen molar-refractivity contribution in [1.82, 2.24) is 14.9 Å². The maximum Gasteiger partial charge on any atom is 0.241 e. The molecule has 0 radical (unpaired) electrons. The number of carbonyl (C=O) groups excluding carboxylic acids is 1. The summed E-state index contributed by atoms with van der Waals surface area (Å²) < 4.78 is 36.5. The number of sulfone groups is 1. The zero-order valence-electron chi connectivity index (χ0n) is 30.9. The Morgan fingerprint density at radius 2 is 1.37 bits per heavy atom. The van der Waals surface area contributed by atoms with Crippen LogP contribution in [0.15, 0.2) is 87.9 Å². The first-order valence-corrected chi connectivity index (χ1v) is 20.2. The minimum atomic E-state index is -3.21. The molecule has 0 atom stereocenters. The van der Waals surface area contributed by atoms with E-state index in [2.05, 4.69) is 27.0 Å². The molecule has 5 aliphatic rings. The third-order valence-corrected chi connectivity index (χ3v) is 12.6. The number of ether oxygens (including phenoxy) is 2. The number of fused-ring (bicyclic) bond motifs is 2. The smallest absolute Gasteiger partial charge is 0.241 e. The van der Waals surface area contributed by atoms with Crippen LogP contribution in [0.1, 0.15) is 60.1 Å². The third-order valence-electron chi connectivity index (χ3n) is 10.3. The minimum Gasteiger partial charge on any atom is -0.491 e. The summed E-state index contributed by atoms with van der Waals surface area (Å²) in [4.78, 5) is 36.9. The third kappa shape index (κ3) is 7.47. The van der Waals surface area contributed by atoms with Crippen molar-refractivity contribution in [2.75, 3.05) is 62.8 Å². The zero-order chi connectivity index (χ0) is 37.4. The molecule has 9 rings (SSSR count). The van der Waals surface area contributed by atoms with Crippen LogP contribution in [0.25, 0.3) is 0 Å². The fraction of sp³-hybridized carbons (Fsp3) is 0.390. The minimum absolute atomic E-state index is 0.118. The molecule has 4 aromatic rings. The number of benzene rings is 2. The molecule has 0 N–H and O–H groups in total. The second-order valence-electron chi connectivity index (χ2n) is 14.5. The Hall–Kier alpha value is -5.14. The lowest BCUT2D eigenvalue weighted by atomic mass is 10.0. The molecule has 3 fully saturated rings. The summed E-state index contributed by atoms with van der Waals surface area (Å²) in [6.45, 7) is 10.2. The number of likely N-dealkylation sites (N-methyl/N-ethyl adjacent to an activating group) is 1. The molecule has 0 unspecified atom stereocenters. The molecule has 6 heterocycles. The van der Waals surface area contributed by atoms with E-state index in [4.69, 9.17) is 19.5 Å². The van der Waals surface area contributed by atoms with Crippen molar-refractivity contribution in [2.24, 2.45) is 9.98 Å². The van der Waals surface area contributed by atoms with E-state index in [0.717, 1.165) is 89.1 Å². The normalized spacial score (nSPS) is 18.1. The number of hydrogen-bond acceptors (Lipinski definition) is 11. The van der Waals surface area contributed by atoms with Gasteiger partial charge in [-0.15, -0.1) is 0 Å². The molecule has 2 aromatic heterocycles. The number of aliphatic imine (C=N–C) groups is 2. The van der Waals surface area contributed by atoms with E-state index < -0.39 is 9.84 Å². The van der Waals surface area contributed by atoms with Crippen LogP contribution in [-0.4, -0.2) is 105 Å². The van der Waals surface area contributed by atoms with Gasteiger partial charge < -0.3 is 24.2 Å². The number of hydrogen-bond donors (Lipinski definition) is 0. The largest absolute Gasteiger partial charge is 0.491 e. The van der Waals surface area contributed by atoms with Gasteiger partial charge in [-0.25, -0.2) is 18.4 Å². The maximum absolute atomic E-state index is 12.6. The van der Waals surface area contributed by atoms with E-state index in [1.54, 1.807) is 23.4 Å². The van der Waals surface area contributed by atoms with Gasteiger partial charge in [0, 0.05) is 67.9 Å². The Bertz CT molecular complexity index is 2250. The molecule has 2 saturated heterocycles. The molecule has 2 aromatic carbocycles. The van der Waals surface area contributed by atoms with Gasteiger partial charge in [-0.1, -0.05) is 12.1 Å². The SMILES string of the molecule is CC(C)Oc1ccc2c(c1)C(c1ccnc(N3CCN(C)C(=O)C3)c1)=NC2.O=S(=O)(c1ccc2c(c1)C(c1ccnc(N3CCOCC3)c1)=NC2)C1CC1. The highest BCUT2D eigenvalue weighted by Crippen LogP contribution is 2.36. The predicted molar refractivity (Wildman–Crippen MR) is 209 cm³/mol. The summed E-state index contributed by atoms with van der Waals surface area (Å²) in [5.41, 5.74) is 8.13. The van der Waals surface area contributed by atoms with Crippen molar-refractivity contribution in [2.45, 2.75) is 56.0 Å². The van der Waals surface area contributed by atoms with E-state index in [0.29, 0.717) is 44.3 Å². The van der Waals surface area contributed by atoms with E-state index in [9.17, 15) is 13.2 Å². The Morgan fingerprint density at radius 3 is 1.98 bits per heavy atom. The lowest BCUT2D eigenvalue weighted by molar-refractivity contribution is -0.129. The monoisotopic (exact) mass is 747 g/mol. The average Bonchev–Trinajstić information content (AvgIpc) is 3.85. The number of morpholine rings is 1. The van der Waals surface area contributed by atoms with Crippen LogP contribution < -0.4 is 14.5 Å². The molecule has 280 valence electrons. The Morgan fingerprint density at radius 1 is 0.759 bits per heavy atom. The molecular weight excluding hydrogens is 703 g/mol. The summed E-state index contributed by atoms with van der Waals surface area (Å²) >= 11 is 0. The van der Waals surface area contributed by atoms with Gasteiger partial charge in [0.05, 0.1) is 60.5 Å². The van der Waals surface area contributed by atoms with Gasteiger partial charge in [-0.2, -0.15) is 0 Å². The number of anilines is 2. The number of piperazine rings is 1. The fourth-order valence-electron chi connectivity index (χ4n) is 7.14. The highest BCUT2D eigenvalue weighted by molar-refractivity contribution is 7.92. The maximum atomic E-state index is 12.6. The topological polar surface area (TPSA) is 130 Å². The number of amides is 1. The highest BCUT2D eigenvalue weighted by atomic mass is 32.2. The van der Waals surface area contributed by atoms with Crippen molar-refractivity contribution in [1.29, 1.82) is 0 Å². The standard InChI is InChI=1S/C21H24N4O2.C20H21N3O3S/c1-14(2)27-17-5-4-16-12-23-21(18(16)11-17)15-6-7-22-19(10-15)25-9-8-24(3)20(26)13-25;24-27(25,16-3-4-16)17-2-1-15-13-22-20(18(15)12-17)14-5-6-21-19(11-14)23-7-9-26-10-8-23/h4-7,10-11,14H,8-9,12-13H2,1-3H3;1-2,5-6,11-12,16H,3-4,7-10,13H2.